The van der Waals surface area contributed by atoms with Crippen molar-refractivity contribution in [3.63, 3.8) is 0 Å². The van der Waals surface area contributed by atoms with E-state index in [1.165, 1.54) is 51.4 Å². The van der Waals surface area contributed by atoms with Gasteiger partial charge in [0.05, 0.1) is 0 Å². The van der Waals surface area contributed by atoms with Gasteiger partial charge in [0, 0.05) is 12.1 Å². The van der Waals surface area contributed by atoms with Gasteiger partial charge in [-0.15, -0.1) is 0 Å². The van der Waals surface area contributed by atoms with E-state index < -0.39 is 0 Å². The minimum Gasteiger partial charge on any atom is -0.328 e. The quantitative estimate of drug-likeness (QED) is 0.698. The lowest BCUT2D eigenvalue weighted by Gasteiger charge is -2.45. The van der Waals surface area contributed by atoms with Crippen LogP contribution in [0.1, 0.15) is 58.3 Å². The van der Waals surface area contributed by atoms with E-state index in [-0.39, 0.29) is 0 Å². The number of rotatable bonds is 1. The summed E-state index contributed by atoms with van der Waals surface area (Å²) in [5.74, 6) is 0.869. The topological polar surface area (TPSA) is 52.0 Å². The number of hydrogen-bond acceptors (Lipinski definition) is 2. The van der Waals surface area contributed by atoms with Crippen LogP contribution in [-0.2, 0) is 0 Å². The van der Waals surface area contributed by atoms with Crippen molar-refractivity contribution in [1.29, 1.82) is 0 Å². The van der Waals surface area contributed by atoms with E-state index in [2.05, 4.69) is 6.92 Å². The molecular weight excluding hydrogens is 184 g/mol. The van der Waals surface area contributed by atoms with Gasteiger partial charge in [0.2, 0.25) is 0 Å². The van der Waals surface area contributed by atoms with Gasteiger partial charge in [-0.2, -0.15) is 0 Å². The molecule has 2 nitrogen and oxygen atoms in total. The third-order valence-electron chi connectivity index (χ3n) is 4.87. The van der Waals surface area contributed by atoms with Gasteiger partial charge in [-0.1, -0.05) is 13.3 Å². The van der Waals surface area contributed by atoms with E-state index in [1.54, 1.807) is 0 Å². The zero-order valence-corrected chi connectivity index (χ0v) is 10.0. The second-order valence-corrected chi connectivity index (χ2v) is 6.12. The summed E-state index contributed by atoms with van der Waals surface area (Å²) in [5.41, 5.74) is 12.6. The molecule has 0 aromatic rings. The normalized spacial score (nSPS) is 47.8. The molecule has 2 heteroatoms. The lowest BCUT2D eigenvalue weighted by molar-refractivity contribution is 0.0749. The van der Waals surface area contributed by atoms with Gasteiger partial charge < -0.3 is 11.5 Å². The van der Waals surface area contributed by atoms with Crippen LogP contribution < -0.4 is 11.5 Å². The van der Waals surface area contributed by atoms with E-state index in [4.69, 9.17) is 11.5 Å². The Hall–Kier alpha value is -0.0800. The SMILES string of the molecule is CC1(C2CCCC(N)C2)CCC(N)CC1. The van der Waals surface area contributed by atoms with E-state index in [0.29, 0.717) is 17.5 Å². The van der Waals surface area contributed by atoms with Crippen molar-refractivity contribution >= 4 is 0 Å². The van der Waals surface area contributed by atoms with Gasteiger partial charge in [0.1, 0.15) is 0 Å². The minimum atomic E-state index is 0.468. The van der Waals surface area contributed by atoms with Crippen LogP contribution in [0, 0.1) is 11.3 Å². The first-order valence-corrected chi connectivity index (χ1v) is 6.61. The first kappa shape index (κ1) is 11.4. The predicted octanol–water partition coefficient (Wildman–Crippen LogP) is 2.41. The molecule has 4 N–H and O–H groups in total. The van der Waals surface area contributed by atoms with E-state index >= 15 is 0 Å². The molecule has 0 aromatic carbocycles. The molecule has 2 aliphatic rings. The van der Waals surface area contributed by atoms with Crippen LogP contribution in [0.3, 0.4) is 0 Å². The predicted molar refractivity (Wildman–Crippen MR) is 64.5 cm³/mol. The summed E-state index contributed by atoms with van der Waals surface area (Å²) in [7, 11) is 0. The highest BCUT2D eigenvalue weighted by molar-refractivity contribution is 4.92. The summed E-state index contributed by atoms with van der Waals surface area (Å²) in [5, 5.41) is 0. The number of hydrogen-bond donors (Lipinski definition) is 2. The van der Waals surface area contributed by atoms with Crippen LogP contribution in [0.4, 0.5) is 0 Å². The first-order valence-electron chi connectivity index (χ1n) is 6.61. The van der Waals surface area contributed by atoms with Crippen LogP contribution in [-0.4, -0.2) is 12.1 Å². The molecule has 88 valence electrons. The minimum absolute atomic E-state index is 0.468. The lowest BCUT2D eigenvalue weighted by Crippen LogP contribution is -2.41. The molecule has 2 unspecified atom stereocenters. The van der Waals surface area contributed by atoms with E-state index in [0.717, 1.165) is 5.92 Å². The van der Waals surface area contributed by atoms with Crippen LogP contribution in [0.5, 0.6) is 0 Å². The Balaban J connectivity index is 1.95. The van der Waals surface area contributed by atoms with Gasteiger partial charge in [-0.05, 0) is 56.3 Å². The fourth-order valence-electron chi connectivity index (χ4n) is 3.57. The molecule has 2 saturated carbocycles. The second kappa shape index (κ2) is 4.42. The van der Waals surface area contributed by atoms with Gasteiger partial charge in [0.25, 0.3) is 0 Å². The molecule has 0 spiro atoms. The molecule has 2 atom stereocenters. The average Bonchev–Trinajstić information content (AvgIpc) is 2.23. The summed E-state index contributed by atoms with van der Waals surface area (Å²) in [6.45, 7) is 2.47. The van der Waals surface area contributed by atoms with Crippen molar-refractivity contribution in [3.8, 4) is 0 Å². The summed E-state index contributed by atoms with van der Waals surface area (Å²) >= 11 is 0. The molecule has 0 amide bonds. The third kappa shape index (κ3) is 2.54. The summed E-state index contributed by atoms with van der Waals surface area (Å²) in [6, 6.07) is 0.937. The van der Waals surface area contributed by atoms with Gasteiger partial charge >= 0.3 is 0 Å². The highest BCUT2D eigenvalue weighted by Gasteiger charge is 2.38. The Kier molecular flexibility index (Phi) is 3.36. The molecule has 0 saturated heterocycles. The van der Waals surface area contributed by atoms with Crippen LogP contribution >= 0.6 is 0 Å². The summed E-state index contributed by atoms with van der Waals surface area (Å²) in [6.07, 6.45) is 10.3. The fraction of sp³-hybridized carbons (Fsp3) is 1.00. The Labute approximate surface area is 93.8 Å². The van der Waals surface area contributed by atoms with Crippen LogP contribution in [0.15, 0.2) is 0 Å². The third-order valence-corrected chi connectivity index (χ3v) is 4.87. The van der Waals surface area contributed by atoms with Gasteiger partial charge in [0.15, 0.2) is 0 Å². The maximum absolute atomic E-state index is 6.09. The molecule has 0 aliphatic heterocycles. The van der Waals surface area contributed by atoms with Gasteiger partial charge in [-0.25, -0.2) is 0 Å². The Morgan fingerprint density at radius 3 is 2.20 bits per heavy atom. The number of nitrogens with two attached hydrogens (primary N) is 2. The standard InChI is InChI=1S/C13H26N2/c1-13(7-5-11(14)6-8-13)10-3-2-4-12(15)9-10/h10-12H,2-9,14-15H2,1H3. The molecule has 15 heavy (non-hydrogen) atoms. The lowest BCUT2D eigenvalue weighted by atomic mass is 9.62. The van der Waals surface area contributed by atoms with Crippen LogP contribution in [0.2, 0.25) is 0 Å². The van der Waals surface area contributed by atoms with Crippen molar-refractivity contribution in [2.75, 3.05) is 0 Å². The molecule has 0 heterocycles. The Bertz CT molecular complexity index is 207. The van der Waals surface area contributed by atoms with Crippen molar-refractivity contribution in [2.45, 2.75) is 70.4 Å². The molecule has 0 aromatic heterocycles. The van der Waals surface area contributed by atoms with Gasteiger partial charge in [-0.3, -0.25) is 0 Å². The highest BCUT2D eigenvalue weighted by atomic mass is 14.7. The highest BCUT2D eigenvalue weighted by Crippen LogP contribution is 2.47. The second-order valence-electron chi connectivity index (χ2n) is 6.12. The molecular formula is C13H26N2. The molecule has 2 rings (SSSR count). The maximum atomic E-state index is 6.09. The Morgan fingerprint density at radius 1 is 0.933 bits per heavy atom. The van der Waals surface area contributed by atoms with Crippen molar-refractivity contribution in [2.24, 2.45) is 22.8 Å². The monoisotopic (exact) mass is 210 g/mol. The molecule has 0 radical (unpaired) electrons. The van der Waals surface area contributed by atoms with Crippen LogP contribution in [0.25, 0.3) is 0 Å². The van der Waals surface area contributed by atoms with E-state index in [9.17, 15) is 0 Å². The average molecular weight is 210 g/mol. The largest absolute Gasteiger partial charge is 0.328 e. The smallest absolute Gasteiger partial charge is 0.00416 e. The zero-order valence-electron chi connectivity index (χ0n) is 10.0. The summed E-state index contributed by atoms with van der Waals surface area (Å²) in [4.78, 5) is 0. The van der Waals surface area contributed by atoms with Crippen molar-refractivity contribution in [3.05, 3.63) is 0 Å². The molecule has 2 fully saturated rings. The zero-order chi connectivity index (χ0) is 10.9. The van der Waals surface area contributed by atoms with Crippen molar-refractivity contribution in [1.82, 2.24) is 0 Å². The first-order chi connectivity index (χ1) is 7.10. The molecule has 0 bridgehead atoms. The Morgan fingerprint density at radius 2 is 1.60 bits per heavy atom. The fourth-order valence-corrected chi connectivity index (χ4v) is 3.57. The van der Waals surface area contributed by atoms with Crippen molar-refractivity contribution < 1.29 is 0 Å². The van der Waals surface area contributed by atoms with E-state index in [1.807, 2.05) is 0 Å². The summed E-state index contributed by atoms with van der Waals surface area (Å²) < 4.78 is 0. The maximum Gasteiger partial charge on any atom is 0.00416 e. The molecule has 2 aliphatic carbocycles.